The maximum atomic E-state index is 12.0. The van der Waals surface area contributed by atoms with Gasteiger partial charge < -0.3 is 11.1 Å². The summed E-state index contributed by atoms with van der Waals surface area (Å²) >= 11 is 14.2. The predicted molar refractivity (Wildman–Crippen MR) is 76.2 cm³/mol. The molecule has 90 valence electrons. The monoisotopic (exact) mass is 332 g/mol. The van der Waals surface area contributed by atoms with Gasteiger partial charge in [-0.05, 0) is 31.0 Å². The van der Waals surface area contributed by atoms with Crippen molar-refractivity contribution >= 4 is 56.3 Å². The predicted octanol–water partition coefficient (Wildman–Crippen LogP) is 3.11. The normalized spacial score (nSPS) is 16.4. The lowest BCUT2D eigenvalue weighted by molar-refractivity contribution is -0.118. The first kappa shape index (κ1) is 12.8. The summed E-state index contributed by atoms with van der Waals surface area (Å²) in [6.45, 7) is 0. The summed E-state index contributed by atoms with van der Waals surface area (Å²) in [5.41, 5.74) is 5.49. The first-order valence-corrected chi connectivity index (χ1v) is 6.60. The maximum Gasteiger partial charge on any atom is 0.237 e. The minimum atomic E-state index is -0.661. The Balaban J connectivity index is 2.17. The summed E-state index contributed by atoms with van der Waals surface area (Å²) in [6.07, 6.45) is 1.42. The van der Waals surface area contributed by atoms with Crippen molar-refractivity contribution < 1.29 is 4.79 Å². The largest absolute Gasteiger partial charge is 0.392 e. The minimum Gasteiger partial charge on any atom is -0.392 e. The fraction of sp³-hybridized carbons (Fsp3) is 0.273. The lowest BCUT2D eigenvalue weighted by atomic mass is 10.1. The van der Waals surface area contributed by atoms with Gasteiger partial charge in [0.2, 0.25) is 5.91 Å². The average Bonchev–Trinajstić information content (AvgIpc) is 3.02. The van der Waals surface area contributed by atoms with Crippen molar-refractivity contribution in [2.75, 3.05) is 5.32 Å². The Hall–Kier alpha value is -0.650. The van der Waals surface area contributed by atoms with E-state index in [-0.39, 0.29) is 10.9 Å². The van der Waals surface area contributed by atoms with Gasteiger partial charge in [0, 0.05) is 4.47 Å². The molecule has 0 heterocycles. The van der Waals surface area contributed by atoms with Crippen LogP contribution in [0.2, 0.25) is 5.02 Å². The Labute approximate surface area is 118 Å². The molecular weight excluding hydrogens is 324 g/mol. The molecule has 1 aliphatic carbocycles. The number of thiocarbonyl (C=S) groups is 1. The van der Waals surface area contributed by atoms with E-state index in [4.69, 9.17) is 29.6 Å². The summed E-state index contributed by atoms with van der Waals surface area (Å²) in [4.78, 5) is 12.3. The maximum absolute atomic E-state index is 12.0. The molecule has 0 spiro atoms. The third kappa shape index (κ3) is 2.46. The number of nitrogens with one attached hydrogen (secondary N) is 1. The Morgan fingerprint density at radius 1 is 1.53 bits per heavy atom. The third-order valence-electron chi connectivity index (χ3n) is 2.84. The van der Waals surface area contributed by atoms with Crippen LogP contribution in [0.3, 0.4) is 0 Å². The van der Waals surface area contributed by atoms with E-state index in [9.17, 15) is 4.79 Å². The van der Waals surface area contributed by atoms with Gasteiger partial charge in [0.25, 0.3) is 0 Å². The zero-order chi connectivity index (χ0) is 12.6. The van der Waals surface area contributed by atoms with E-state index in [1.54, 1.807) is 12.1 Å². The quantitative estimate of drug-likeness (QED) is 0.836. The molecule has 1 aromatic rings. The minimum absolute atomic E-state index is 0.172. The van der Waals surface area contributed by atoms with Crippen LogP contribution in [0.5, 0.6) is 0 Å². The van der Waals surface area contributed by atoms with Gasteiger partial charge in [-0.1, -0.05) is 39.7 Å². The smallest absolute Gasteiger partial charge is 0.237 e. The highest BCUT2D eigenvalue weighted by atomic mass is 79.9. The van der Waals surface area contributed by atoms with Crippen LogP contribution in [-0.4, -0.2) is 10.9 Å². The van der Waals surface area contributed by atoms with Crippen molar-refractivity contribution in [3.05, 3.63) is 27.7 Å². The van der Waals surface area contributed by atoms with Gasteiger partial charge in [0.15, 0.2) is 0 Å². The molecular formula is C11H10BrClN2OS. The molecule has 3 N–H and O–H groups in total. The molecule has 0 atom stereocenters. The molecule has 2 rings (SSSR count). The highest BCUT2D eigenvalue weighted by Gasteiger charge is 2.52. The number of nitrogens with two attached hydrogens (primary N) is 1. The van der Waals surface area contributed by atoms with Gasteiger partial charge in [0.05, 0.1) is 21.1 Å². The summed E-state index contributed by atoms with van der Waals surface area (Å²) in [5.74, 6) is -0.172. The molecule has 3 nitrogen and oxygen atoms in total. The van der Waals surface area contributed by atoms with Crippen molar-refractivity contribution in [2.45, 2.75) is 12.8 Å². The fourth-order valence-corrected chi connectivity index (χ4v) is 2.56. The van der Waals surface area contributed by atoms with Gasteiger partial charge >= 0.3 is 0 Å². The average molecular weight is 334 g/mol. The summed E-state index contributed by atoms with van der Waals surface area (Å²) in [5, 5.41) is 3.24. The van der Waals surface area contributed by atoms with E-state index in [0.717, 1.165) is 4.47 Å². The molecule has 1 aliphatic rings. The lowest BCUT2D eigenvalue weighted by Gasteiger charge is -2.14. The van der Waals surface area contributed by atoms with Gasteiger partial charge in [-0.2, -0.15) is 0 Å². The van der Waals surface area contributed by atoms with Crippen LogP contribution in [0.25, 0.3) is 0 Å². The van der Waals surface area contributed by atoms with Gasteiger partial charge in [-0.15, -0.1) is 0 Å². The first-order valence-electron chi connectivity index (χ1n) is 5.02. The number of benzene rings is 1. The number of rotatable bonds is 3. The van der Waals surface area contributed by atoms with Crippen LogP contribution in [0.4, 0.5) is 5.69 Å². The Bertz CT molecular complexity index is 502. The number of anilines is 1. The Morgan fingerprint density at radius 2 is 2.18 bits per heavy atom. The number of carbonyl (C=O) groups is 1. The van der Waals surface area contributed by atoms with Crippen molar-refractivity contribution in [1.82, 2.24) is 0 Å². The first-order chi connectivity index (χ1) is 7.95. The van der Waals surface area contributed by atoms with Gasteiger partial charge in [-0.3, -0.25) is 4.79 Å². The van der Waals surface area contributed by atoms with E-state index in [1.165, 1.54) is 0 Å². The van der Waals surface area contributed by atoms with E-state index >= 15 is 0 Å². The van der Waals surface area contributed by atoms with E-state index < -0.39 is 5.41 Å². The van der Waals surface area contributed by atoms with Crippen LogP contribution in [0, 0.1) is 5.41 Å². The standard InChI is InChI=1S/C11H10BrClN2OS/c12-6-1-2-8(7(13)5-6)15-10(16)11(3-4-11)9(14)17/h1-2,5H,3-4H2,(H2,14,17)(H,15,16). The van der Waals surface area contributed by atoms with E-state index in [2.05, 4.69) is 21.2 Å². The molecule has 0 aromatic heterocycles. The second-order valence-corrected chi connectivity index (χ2v) is 5.79. The van der Waals surface area contributed by atoms with Gasteiger partial charge in [0.1, 0.15) is 0 Å². The number of carbonyl (C=O) groups excluding carboxylic acids is 1. The SMILES string of the molecule is NC(=S)C1(C(=O)Nc2ccc(Br)cc2Cl)CC1. The van der Waals surface area contributed by atoms with Crippen molar-refractivity contribution in [2.24, 2.45) is 11.1 Å². The number of hydrogen-bond acceptors (Lipinski definition) is 2. The topological polar surface area (TPSA) is 55.1 Å². The van der Waals surface area contributed by atoms with E-state index in [0.29, 0.717) is 23.6 Å². The molecule has 1 aromatic carbocycles. The van der Waals surface area contributed by atoms with Crippen LogP contribution in [0.15, 0.2) is 22.7 Å². The summed E-state index contributed by atoms with van der Waals surface area (Å²) < 4.78 is 0.857. The number of halogens is 2. The highest BCUT2D eigenvalue weighted by molar-refractivity contribution is 9.10. The second-order valence-electron chi connectivity index (χ2n) is 4.02. The highest BCUT2D eigenvalue weighted by Crippen LogP contribution is 2.47. The van der Waals surface area contributed by atoms with Gasteiger partial charge in [-0.25, -0.2) is 0 Å². The number of amides is 1. The Morgan fingerprint density at radius 3 is 2.65 bits per heavy atom. The van der Waals surface area contributed by atoms with Crippen molar-refractivity contribution in [3.63, 3.8) is 0 Å². The zero-order valence-electron chi connectivity index (χ0n) is 8.80. The molecule has 0 bridgehead atoms. The third-order valence-corrected chi connectivity index (χ3v) is 4.03. The van der Waals surface area contributed by atoms with E-state index in [1.807, 2.05) is 6.07 Å². The zero-order valence-corrected chi connectivity index (χ0v) is 12.0. The van der Waals surface area contributed by atoms with Crippen molar-refractivity contribution in [3.8, 4) is 0 Å². The van der Waals surface area contributed by atoms with Crippen LogP contribution >= 0.6 is 39.7 Å². The molecule has 0 saturated heterocycles. The molecule has 0 unspecified atom stereocenters. The van der Waals surface area contributed by atoms with Crippen molar-refractivity contribution in [1.29, 1.82) is 0 Å². The Kier molecular flexibility index (Phi) is 3.43. The fourth-order valence-electron chi connectivity index (χ4n) is 1.54. The molecule has 0 radical (unpaired) electrons. The van der Waals surface area contributed by atoms with Crippen LogP contribution in [-0.2, 0) is 4.79 Å². The molecule has 1 saturated carbocycles. The molecule has 1 fully saturated rings. The lowest BCUT2D eigenvalue weighted by Crippen LogP contribution is -2.35. The second kappa shape index (κ2) is 4.55. The molecule has 17 heavy (non-hydrogen) atoms. The molecule has 6 heteroatoms. The molecule has 0 aliphatic heterocycles. The van der Waals surface area contributed by atoms with Crippen LogP contribution < -0.4 is 11.1 Å². The molecule has 1 amide bonds. The summed E-state index contributed by atoms with van der Waals surface area (Å²) in [6, 6.07) is 5.26. The van der Waals surface area contributed by atoms with Crippen LogP contribution in [0.1, 0.15) is 12.8 Å². The summed E-state index contributed by atoms with van der Waals surface area (Å²) in [7, 11) is 0. The number of hydrogen-bond donors (Lipinski definition) is 2.